The molecule has 0 saturated carbocycles. The number of aryl methyl sites for hydroxylation is 1. The Hall–Kier alpha value is -2.17. The summed E-state index contributed by atoms with van der Waals surface area (Å²) >= 11 is 0. The summed E-state index contributed by atoms with van der Waals surface area (Å²) in [5.41, 5.74) is 1.91. The maximum Gasteiger partial charge on any atom is 0.232 e. The lowest BCUT2D eigenvalue weighted by Gasteiger charge is -2.18. The molecule has 1 aromatic heterocycles. The molecule has 1 aliphatic rings. The van der Waals surface area contributed by atoms with Crippen LogP contribution in [0.4, 0.5) is 5.69 Å². The second-order valence-electron chi connectivity index (χ2n) is 6.90. The highest BCUT2D eigenvalue weighted by Gasteiger charge is 2.36. The first kappa shape index (κ1) is 14.8. The van der Waals surface area contributed by atoms with Gasteiger partial charge in [0.1, 0.15) is 0 Å². The van der Waals surface area contributed by atoms with Crippen LogP contribution in [0.2, 0.25) is 0 Å². The number of carbonyl (C=O) groups excluding carboxylic acids is 1. The van der Waals surface area contributed by atoms with E-state index in [2.05, 4.69) is 10.1 Å². The van der Waals surface area contributed by atoms with Crippen LogP contribution in [0.3, 0.4) is 0 Å². The van der Waals surface area contributed by atoms with E-state index in [1.54, 1.807) is 0 Å². The van der Waals surface area contributed by atoms with Gasteiger partial charge in [-0.05, 0) is 18.6 Å². The molecule has 22 heavy (non-hydrogen) atoms. The zero-order valence-corrected chi connectivity index (χ0v) is 13.5. The predicted octanol–water partition coefficient (Wildman–Crippen LogP) is 3.20. The average molecular weight is 299 g/mol. The lowest BCUT2D eigenvalue weighted by Crippen LogP contribution is -2.25. The van der Waals surface area contributed by atoms with E-state index < -0.39 is 0 Å². The van der Waals surface area contributed by atoms with Crippen molar-refractivity contribution in [2.45, 2.75) is 45.4 Å². The van der Waals surface area contributed by atoms with E-state index in [0.717, 1.165) is 11.3 Å². The standard InChI is InChI=1S/C17H21N3O2/c1-11-7-5-6-8-13(11)20-10-12(9-14(20)21)15-18-16(19-22-15)17(2,3)4/h5-8,12H,9-10H2,1-4H3. The molecular formula is C17H21N3O2. The average Bonchev–Trinajstić information content (AvgIpc) is 3.05. The Morgan fingerprint density at radius 1 is 1.27 bits per heavy atom. The second kappa shape index (κ2) is 5.23. The summed E-state index contributed by atoms with van der Waals surface area (Å²) in [4.78, 5) is 18.7. The van der Waals surface area contributed by atoms with Crippen molar-refractivity contribution in [3.8, 4) is 0 Å². The molecule has 1 saturated heterocycles. The van der Waals surface area contributed by atoms with Crippen molar-refractivity contribution in [1.29, 1.82) is 0 Å². The molecule has 0 radical (unpaired) electrons. The smallest absolute Gasteiger partial charge is 0.232 e. The molecule has 5 nitrogen and oxygen atoms in total. The van der Waals surface area contributed by atoms with Crippen LogP contribution in [0, 0.1) is 6.92 Å². The van der Waals surface area contributed by atoms with E-state index >= 15 is 0 Å². The topological polar surface area (TPSA) is 59.2 Å². The normalized spacial score (nSPS) is 19.0. The number of carbonyl (C=O) groups is 1. The first-order valence-corrected chi connectivity index (χ1v) is 7.56. The van der Waals surface area contributed by atoms with E-state index in [4.69, 9.17) is 4.52 Å². The van der Waals surface area contributed by atoms with E-state index in [1.165, 1.54) is 0 Å². The maximum absolute atomic E-state index is 12.4. The number of aromatic nitrogens is 2. The SMILES string of the molecule is Cc1ccccc1N1CC(c2nc(C(C)(C)C)no2)CC1=O. The molecule has 1 fully saturated rings. The molecule has 1 aromatic carbocycles. The summed E-state index contributed by atoms with van der Waals surface area (Å²) < 4.78 is 5.40. The number of anilines is 1. The summed E-state index contributed by atoms with van der Waals surface area (Å²) in [6.07, 6.45) is 0.417. The van der Waals surface area contributed by atoms with Crippen LogP contribution in [0.15, 0.2) is 28.8 Å². The Bertz CT molecular complexity index is 700. The minimum Gasteiger partial charge on any atom is -0.339 e. The van der Waals surface area contributed by atoms with Gasteiger partial charge in [0, 0.05) is 24.1 Å². The van der Waals surface area contributed by atoms with Crippen LogP contribution in [0.5, 0.6) is 0 Å². The molecule has 116 valence electrons. The predicted molar refractivity (Wildman–Crippen MR) is 83.9 cm³/mol. The number of hydrogen-bond acceptors (Lipinski definition) is 4. The maximum atomic E-state index is 12.4. The van der Waals surface area contributed by atoms with Crippen molar-refractivity contribution < 1.29 is 9.32 Å². The van der Waals surface area contributed by atoms with Crippen molar-refractivity contribution in [3.63, 3.8) is 0 Å². The van der Waals surface area contributed by atoms with Gasteiger partial charge in [0.2, 0.25) is 11.8 Å². The first-order chi connectivity index (χ1) is 10.4. The zero-order valence-electron chi connectivity index (χ0n) is 13.5. The molecule has 1 unspecified atom stereocenters. The number of benzene rings is 1. The van der Waals surface area contributed by atoms with Gasteiger partial charge in [0.25, 0.3) is 0 Å². The van der Waals surface area contributed by atoms with E-state index in [-0.39, 0.29) is 17.2 Å². The number of rotatable bonds is 2. The van der Waals surface area contributed by atoms with Crippen molar-refractivity contribution in [3.05, 3.63) is 41.5 Å². The van der Waals surface area contributed by atoms with E-state index in [0.29, 0.717) is 24.7 Å². The van der Waals surface area contributed by atoms with Gasteiger partial charge in [-0.25, -0.2) is 0 Å². The Labute approximate surface area is 130 Å². The number of amides is 1. The largest absolute Gasteiger partial charge is 0.339 e. The molecule has 5 heteroatoms. The van der Waals surface area contributed by atoms with Gasteiger partial charge < -0.3 is 9.42 Å². The van der Waals surface area contributed by atoms with Crippen molar-refractivity contribution in [1.82, 2.24) is 10.1 Å². The fourth-order valence-corrected chi connectivity index (χ4v) is 2.68. The molecule has 2 aromatic rings. The highest BCUT2D eigenvalue weighted by molar-refractivity contribution is 5.97. The highest BCUT2D eigenvalue weighted by atomic mass is 16.5. The summed E-state index contributed by atoms with van der Waals surface area (Å²) in [6.45, 7) is 8.74. The van der Waals surface area contributed by atoms with Gasteiger partial charge in [0.15, 0.2) is 5.82 Å². The Kier molecular flexibility index (Phi) is 3.51. The molecule has 1 aliphatic heterocycles. The first-order valence-electron chi connectivity index (χ1n) is 7.56. The van der Waals surface area contributed by atoms with Gasteiger partial charge >= 0.3 is 0 Å². The Balaban J connectivity index is 1.83. The summed E-state index contributed by atoms with van der Waals surface area (Å²) in [5, 5.41) is 4.06. The van der Waals surface area contributed by atoms with E-state index in [1.807, 2.05) is 56.9 Å². The van der Waals surface area contributed by atoms with Crippen LogP contribution in [-0.4, -0.2) is 22.6 Å². The fraction of sp³-hybridized carbons (Fsp3) is 0.471. The van der Waals surface area contributed by atoms with Crippen LogP contribution in [0.25, 0.3) is 0 Å². The van der Waals surface area contributed by atoms with Crippen molar-refractivity contribution in [2.24, 2.45) is 0 Å². The molecule has 0 N–H and O–H groups in total. The molecule has 0 spiro atoms. The molecule has 1 amide bonds. The molecular weight excluding hydrogens is 278 g/mol. The molecule has 0 aliphatic carbocycles. The van der Waals surface area contributed by atoms with E-state index in [9.17, 15) is 4.79 Å². The second-order valence-corrected chi connectivity index (χ2v) is 6.90. The lowest BCUT2D eigenvalue weighted by atomic mass is 9.96. The van der Waals surface area contributed by atoms with Gasteiger partial charge in [-0.2, -0.15) is 4.98 Å². The summed E-state index contributed by atoms with van der Waals surface area (Å²) in [7, 11) is 0. The van der Waals surface area contributed by atoms with Crippen molar-refractivity contribution >= 4 is 11.6 Å². The molecule has 2 heterocycles. The number of hydrogen-bond donors (Lipinski definition) is 0. The molecule has 1 atom stereocenters. The Morgan fingerprint density at radius 2 is 2.00 bits per heavy atom. The van der Waals surface area contributed by atoms with Crippen LogP contribution in [-0.2, 0) is 10.2 Å². The number of nitrogens with zero attached hydrogens (tertiary/aromatic N) is 3. The monoisotopic (exact) mass is 299 g/mol. The van der Waals surface area contributed by atoms with Gasteiger partial charge in [-0.1, -0.05) is 44.1 Å². The summed E-state index contributed by atoms with van der Waals surface area (Å²) in [6, 6.07) is 7.92. The quantitative estimate of drug-likeness (QED) is 0.854. The van der Waals surface area contributed by atoms with Crippen molar-refractivity contribution in [2.75, 3.05) is 11.4 Å². The van der Waals surface area contributed by atoms with Crippen LogP contribution >= 0.6 is 0 Å². The van der Waals surface area contributed by atoms with Gasteiger partial charge in [-0.15, -0.1) is 0 Å². The van der Waals surface area contributed by atoms with Gasteiger partial charge in [0.05, 0.1) is 5.92 Å². The third-order valence-electron chi connectivity index (χ3n) is 3.99. The minimum absolute atomic E-state index is 0.0318. The van der Waals surface area contributed by atoms with Crippen LogP contribution in [0.1, 0.15) is 50.4 Å². The molecule has 3 rings (SSSR count). The highest BCUT2D eigenvalue weighted by Crippen LogP contribution is 2.33. The number of para-hydroxylation sites is 1. The fourth-order valence-electron chi connectivity index (χ4n) is 2.68. The lowest BCUT2D eigenvalue weighted by molar-refractivity contribution is -0.117. The Morgan fingerprint density at radius 3 is 2.64 bits per heavy atom. The third kappa shape index (κ3) is 2.63. The third-order valence-corrected chi connectivity index (χ3v) is 3.99. The summed E-state index contributed by atoms with van der Waals surface area (Å²) in [5.74, 6) is 1.32. The van der Waals surface area contributed by atoms with Gasteiger partial charge in [-0.3, -0.25) is 4.79 Å². The minimum atomic E-state index is -0.153. The molecule has 0 bridgehead atoms. The van der Waals surface area contributed by atoms with Crippen LogP contribution < -0.4 is 4.90 Å². The zero-order chi connectivity index (χ0) is 15.9.